The van der Waals surface area contributed by atoms with Gasteiger partial charge in [0.25, 0.3) is 0 Å². The number of hydrogen-bond acceptors (Lipinski definition) is 3. The SMILES string of the molecule is C=CCC=CC(=O)OC(=O)O. The molecule has 0 saturated heterocycles. The number of carbonyl (C=O) groups excluding carboxylic acids is 1. The first-order valence-electron chi connectivity index (χ1n) is 2.89. The van der Waals surface area contributed by atoms with Gasteiger partial charge in [0.15, 0.2) is 0 Å². The first-order valence-corrected chi connectivity index (χ1v) is 2.89. The number of carbonyl (C=O) groups is 2. The molecule has 0 aromatic carbocycles. The van der Waals surface area contributed by atoms with Crippen LogP contribution in [0.15, 0.2) is 24.8 Å². The van der Waals surface area contributed by atoms with Gasteiger partial charge in [0.2, 0.25) is 0 Å². The third kappa shape index (κ3) is 6.30. The Labute approximate surface area is 63.8 Å². The first-order chi connectivity index (χ1) is 5.16. The first kappa shape index (κ1) is 9.42. The average Bonchev–Trinajstić information content (AvgIpc) is 1.86. The van der Waals surface area contributed by atoms with Crippen molar-refractivity contribution in [3.05, 3.63) is 24.8 Å². The Hall–Kier alpha value is -1.58. The maximum Gasteiger partial charge on any atom is 0.513 e. The van der Waals surface area contributed by atoms with Crippen LogP contribution in [0, 0.1) is 0 Å². The second-order valence-corrected chi connectivity index (χ2v) is 1.61. The molecule has 0 aliphatic carbocycles. The van der Waals surface area contributed by atoms with E-state index in [-0.39, 0.29) is 0 Å². The van der Waals surface area contributed by atoms with E-state index in [1.165, 1.54) is 6.08 Å². The predicted octanol–water partition coefficient (Wildman–Crippen LogP) is 1.34. The second-order valence-electron chi connectivity index (χ2n) is 1.61. The zero-order chi connectivity index (χ0) is 8.69. The van der Waals surface area contributed by atoms with Crippen LogP contribution in [-0.4, -0.2) is 17.2 Å². The number of rotatable bonds is 3. The van der Waals surface area contributed by atoms with Gasteiger partial charge in [-0.05, 0) is 6.42 Å². The molecule has 0 rings (SSSR count). The smallest absolute Gasteiger partial charge is 0.449 e. The molecule has 0 aliphatic rings. The standard InChI is InChI=1S/C7H8O4/c1-2-3-4-5-6(8)11-7(9)10/h2,4-5H,1,3H2,(H,9,10). The molecule has 0 unspecified atom stereocenters. The summed E-state index contributed by atoms with van der Waals surface area (Å²) in [6.07, 6.45) is 2.98. The summed E-state index contributed by atoms with van der Waals surface area (Å²) in [5.74, 6) is -0.889. The van der Waals surface area contributed by atoms with Gasteiger partial charge in [0, 0.05) is 6.08 Å². The van der Waals surface area contributed by atoms with E-state index >= 15 is 0 Å². The Morgan fingerprint density at radius 1 is 1.55 bits per heavy atom. The summed E-state index contributed by atoms with van der Waals surface area (Å²) in [6.45, 7) is 3.40. The predicted molar refractivity (Wildman–Crippen MR) is 38.1 cm³/mol. The van der Waals surface area contributed by atoms with Crippen LogP contribution in [0.3, 0.4) is 0 Å². The van der Waals surface area contributed by atoms with E-state index in [4.69, 9.17) is 5.11 Å². The summed E-state index contributed by atoms with van der Waals surface area (Å²) in [4.78, 5) is 20.1. The molecule has 0 aliphatic heterocycles. The van der Waals surface area contributed by atoms with Crippen LogP contribution in [0.5, 0.6) is 0 Å². The van der Waals surface area contributed by atoms with Crippen LogP contribution in [0.2, 0.25) is 0 Å². The second kappa shape index (κ2) is 5.22. The zero-order valence-corrected chi connectivity index (χ0v) is 5.82. The van der Waals surface area contributed by atoms with Gasteiger partial charge in [-0.3, -0.25) is 0 Å². The largest absolute Gasteiger partial charge is 0.513 e. The van der Waals surface area contributed by atoms with Gasteiger partial charge in [-0.15, -0.1) is 6.58 Å². The molecule has 0 amide bonds. The molecule has 0 aromatic rings. The minimum atomic E-state index is -1.60. The van der Waals surface area contributed by atoms with E-state index in [0.717, 1.165) is 6.08 Å². The summed E-state index contributed by atoms with van der Waals surface area (Å²) < 4.78 is 3.75. The van der Waals surface area contributed by atoms with Crippen LogP contribution in [0.1, 0.15) is 6.42 Å². The fourth-order valence-corrected chi connectivity index (χ4v) is 0.381. The van der Waals surface area contributed by atoms with Crippen molar-refractivity contribution in [1.29, 1.82) is 0 Å². The van der Waals surface area contributed by atoms with E-state index in [0.29, 0.717) is 6.42 Å². The number of allylic oxidation sites excluding steroid dienone is 2. The van der Waals surface area contributed by atoms with Crippen molar-refractivity contribution in [3.8, 4) is 0 Å². The van der Waals surface area contributed by atoms with Gasteiger partial charge < -0.3 is 9.84 Å². The van der Waals surface area contributed by atoms with Crippen molar-refractivity contribution in [1.82, 2.24) is 0 Å². The molecule has 0 spiro atoms. The van der Waals surface area contributed by atoms with Crippen LogP contribution in [0.4, 0.5) is 4.79 Å². The molecule has 60 valence electrons. The topological polar surface area (TPSA) is 63.6 Å². The highest BCUT2D eigenvalue weighted by atomic mass is 16.7. The van der Waals surface area contributed by atoms with Crippen molar-refractivity contribution in [3.63, 3.8) is 0 Å². The normalized spacial score (nSPS) is 9.45. The molecule has 0 bridgehead atoms. The molecule has 4 nitrogen and oxygen atoms in total. The Morgan fingerprint density at radius 3 is 2.64 bits per heavy atom. The van der Waals surface area contributed by atoms with Gasteiger partial charge in [0.05, 0.1) is 0 Å². The Balaban J connectivity index is 3.68. The number of hydrogen-bond donors (Lipinski definition) is 1. The lowest BCUT2D eigenvalue weighted by Crippen LogP contribution is -2.06. The maximum atomic E-state index is 10.4. The Bertz CT molecular complexity index is 193. The molecule has 11 heavy (non-hydrogen) atoms. The average molecular weight is 156 g/mol. The fraction of sp³-hybridized carbons (Fsp3) is 0.143. The lowest BCUT2D eigenvalue weighted by Gasteiger charge is -1.89. The molecular weight excluding hydrogens is 148 g/mol. The summed E-state index contributed by atoms with van der Waals surface area (Å²) in [6, 6.07) is 0. The highest BCUT2D eigenvalue weighted by Gasteiger charge is 2.01. The van der Waals surface area contributed by atoms with Crippen LogP contribution >= 0.6 is 0 Å². The number of carboxylic acid groups (broad SMARTS) is 1. The molecular formula is C7H8O4. The summed E-state index contributed by atoms with van der Waals surface area (Å²) in [5, 5.41) is 7.94. The van der Waals surface area contributed by atoms with Crippen LogP contribution < -0.4 is 0 Å². The molecule has 0 heterocycles. The summed E-state index contributed by atoms with van der Waals surface area (Å²) >= 11 is 0. The molecule has 0 radical (unpaired) electrons. The monoisotopic (exact) mass is 156 g/mol. The third-order valence-electron chi connectivity index (χ3n) is 0.745. The molecule has 0 fully saturated rings. The Morgan fingerprint density at radius 2 is 2.18 bits per heavy atom. The molecule has 0 aromatic heterocycles. The van der Waals surface area contributed by atoms with E-state index in [2.05, 4.69) is 11.3 Å². The van der Waals surface area contributed by atoms with E-state index in [1.54, 1.807) is 6.08 Å². The van der Waals surface area contributed by atoms with Crippen molar-refractivity contribution in [2.45, 2.75) is 6.42 Å². The fourth-order valence-electron chi connectivity index (χ4n) is 0.381. The molecule has 4 heteroatoms. The lowest BCUT2D eigenvalue weighted by molar-refractivity contribution is -0.133. The van der Waals surface area contributed by atoms with Gasteiger partial charge >= 0.3 is 12.1 Å². The molecule has 0 saturated carbocycles. The van der Waals surface area contributed by atoms with Gasteiger partial charge in [-0.2, -0.15) is 0 Å². The highest BCUT2D eigenvalue weighted by molar-refractivity contribution is 5.89. The zero-order valence-electron chi connectivity index (χ0n) is 5.82. The number of ether oxygens (including phenoxy) is 1. The van der Waals surface area contributed by atoms with E-state index in [9.17, 15) is 9.59 Å². The van der Waals surface area contributed by atoms with E-state index in [1.807, 2.05) is 0 Å². The number of esters is 1. The summed E-state index contributed by atoms with van der Waals surface area (Å²) in [5.41, 5.74) is 0. The van der Waals surface area contributed by atoms with Crippen LogP contribution in [0.25, 0.3) is 0 Å². The van der Waals surface area contributed by atoms with Gasteiger partial charge in [-0.1, -0.05) is 12.2 Å². The Kier molecular flexibility index (Phi) is 4.47. The molecule has 1 N–H and O–H groups in total. The van der Waals surface area contributed by atoms with Crippen molar-refractivity contribution < 1.29 is 19.4 Å². The lowest BCUT2D eigenvalue weighted by atomic mass is 10.4. The van der Waals surface area contributed by atoms with E-state index < -0.39 is 12.1 Å². The van der Waals surface area contributed by atoms with Gasteiger partial charge in [-0.25, -0.2) is 9.59 Å². The quantitative estimate of drug-likeness (QED) is 0.290. The van der Waals surface area contributed by atoms with Crippen molar-refractivity contribution >= 4 is 12.1 Å². The summed E-state index contributed by atoms with van der Waals surface area (Å²) in [7, 11) is 0. The third-order valence-corrected chi connectivity index (χ3v) is 0.745. The highest BCUT2D eigenvalue weighted by Crippen LogP contribution is 1.86. The van der Waals surface area contributed by atoms with Crippen molar-refractivity contribution in [2.24, 2.45) is 0 Å². The molecule has 0 atom stereocenters. The minimum Gasteiger partial charge on any atom is -0.449 e. The maximum absolute atomic E-state index is 10.4. The van der Waals surface area contributed by atoms with Gasteiger partial charge in [0.1, 0.15) is 0 Å². The van der Waals surface area contributed by atoms with Crippen LogP contribution in [-0.2, 0) is 9.53 Å². The minimum absolute atomic E-state index is 0.509. The van der Waals surface area contributed by atoms with Crippen molar-refractivity contribution in [2.75, 3.05) is 0 Å².